The average molecular weight is 270 g/mol. The van der Waals surface area contributed by atoms with Gasteiger partial charge in [0.05, 0.1) is 7.11 Å². The summed E-state index contributed by atoms with van der Waals surface area (Å²) in [4.78, 5) is 2.16. The first-order chi connectivity index (χ1) is 9.56. The number of para-hydroxylation sites is 1. The lowest BCUT2D eigenvalue weighted by atomic mass is 10.0. The van der Waals surface area contributed by atoms with Gasteiger partial charge in [0.2, 0.25) is 0 Å². The van der Waals surface area contributed by atoms with Crippen molar-refractivity contribution in [1.82, 2.24) is 0 Å². The number of aryl methyl sites for hydroxylation is 1. The molecule has 0 aliphatic rings. The molecule has 2 N–H and O–H groups in total. The molecule has 0 saturated heterocycles. The first-order valence-corrected chi connectivity index (χ1v) is 6.78. The molecule has 0 heterocycles. The summed E-state index contributed by atoms with van der Waals surface area (Å²) in [6, 6.07) is 14.2. The Morgan fingerprint density at radius 3 is 2.30 bits per heavy atom. The van der Waals surface area contributed by atoms with Crippen LogP contribution in [-0.2, 0) is 0 Å². The van der Waals surface area contributed by atoms with Crippen LogP contribution in [0.2, 0.25) is 0 Å². The Morgan fingerprint density at radius 1 is 1.05 bits per heavy atom. The Balaban J connectivity index is 2.55. The fourth-order valence-corrected chi connectivity index (χ4v) is 2.53. The van der Waals surface area contributed by atoms with Crippen molar-refractivity contribution in [1.29, 1.82) is 0 Å². The second-order valence-electron chi connectivity index (χ2n) is 5.03. The van der Waals surface area contributed by atoms with Crippen molar-refractivity contribution in [2.24, 2.45) is 5.73 Å². The van der Waals surface area contributed by atoms with E-state index in [2.05, 4.69) is 37.1 Å². The van der Waals surface area contributed by atoms with Crippen molar-refractivity contribution >= 4 is 11.4 Å². The van der Waals surface area contributed by atoms with Crippen LogP contribution < -0.4 is 15.4 Å². The highest BCUT2D eigenvalue weighted by molar-refractivity contribution is 5.71. The predicted molar refractivity (Wildman–Crippen MR) is 84.8 cm³/mol. The van der Waals surface area contributed by atoms with Crippen LogP contribution in [0.5, 0.6) is 5.75 Å². The first-order valence-electron chi connectivity index (χ1n) is 6.78. The van der Waals surface area contributed by atoms with Gasteiger partial charge in [-0.25, -0.2) is 0 Å². The zero-order valence-corrected chi connectivity index (χ0v) is 12.6. The third-order valence-corrected chi connectivity index (χ3v) is 3.56. The molecule has 0 aliphatic carbocycles. The Labute approximate surface area is 121 Å². The van der Waals surface area contributed by atoms with E-state index >= 15 is 0 Å². The Kier molecular flexibility index (Phi) is 4.30. The van der Waals surface area contributed by atoms with Crippen LogP contribution in [0.3, 0.4) is 0 Å². The summed E-state index contributed by atoms with van der Waals surface area (Å²) < 4.78 is 5.46. The van der Waals surface area contributed by atoms with Crippen molar-refractivity contribution in [2.45, 2.75) is 19.9 Å². The van der Waals surface area contributed by atoms with Gasteiger partial charge in [0.1, 0.15) is 5.75 Å². The maximum Gasteiger partial charge on any atom is 0.125 e. The van der Waals surface area contributed by atoms with Gasteiger partial charge in [-0.2, -0.15) is 0 Å². The molecule has 0 unspecified atom stereocenters. The molecule has 0 bridgehead atoms. The van der Waals surface area contributed by atoms with Crippen molar-refractivity contribution in [2.75, 3.05) is 19.1 Å². The molecule has 0 saturated carbocycles. The molecule has 20 heavy (non-hydrogen) atoms. The molecule has 0 aliphatic heterocycles. The van der Waals surface area contributed by atoms with Crippen LogP contribution in [0.1, 0.15) is 24.1 Å². The van der Waals surface area contributed by atoms with E-state index in [0.29, 0.717) is 0 Å². The van der Waals surface area contributed by atoms with Gasteiger partial charge in [-0.3, -0.25) is 0 Å². The number of nitrogens with zero attached hydrogens (tertiary/aromatic N) is 1. The summed E-state index contributed by atoms with van der Waals surface area (Å²) >= 11 is 0. The summed E-state index contributed by atoms with van der Waals surface area (Å²) in [6.07, 6.45) is 0. The van der Waals surface area contributed by atoms with E-state index in [0.717, 1.165) is 17.0 Å². The van der Waals surface area contributed by atoms with Gasteiger partial charge in [0, 0.05) is 30.0 Å². The maximum absolute atomic E-state index is 6.14. The molecule has 0 radical (unpaired) electrons. The normalized spacial score (nSPS) is 12.1. The molecule has 0 amide bonds. The van der Waals surface area contributed by atoms with Crippen LogP contribution in [0.25, 0.3) is 0 Å². The number of hydrogen-bond acceptors (Lipinski definition) is 3. The van der Waals surface area contributed by atoms with Crippen molar-refractivity contribution in [3.05, 3.63) is 53.6 Å². The Bertz CT molecular complexity index is 593. The minimum atomic E-state index is -0.0902. The van der Waals surface area contributed by atoms with E-state index in [1.54, 1.807) is 7.11 Å². The quantitative estimate of drug-likeness (QED) is 0.918. The second kappa shape index (κ2) is 5.97. The largest absolute Gasteiger partial charge is 0.496 e. The number of ether oxygens (including phenoxy) is 1. The number of rotatable bonds is 4. The summed E-state index contributed by atoms with van der Waals surface area (Å²) in [5.41, 5.74) is 10.6. The molecule has 2 rings (SSSR count). The lowest BCUT2D eigenvalue weighted by molar-refractivity contribution is 0.407. The molecule has 106 valence electrons. The molecule has 3 heteroatoms. The van der Waals surface area contributed by atoms with Gasteiger partial charge in [-0.1, -0.05) is 24.3 Å². The summed E-state index contributed by atoms with van der Waals surface area (Å²) in [6.45, 7) is 4.09. The molecule has 2 aromatic carbocycles. The monoisotopic (exact) mass is 270 g/mol. The fourth-order valence-electron chi connectivity index (χ4n) is 2.53. The molecule has 3 nitrogen and oxygen atoms in total. The first kappa shape index (κ1) is 14.4. The highest BCUT2D eigenvalue weighted by Crippen LogP contribution is 2.37. The van der Waals surface area contributed by atoms with Gasteiger partial charge < -0.3 is 15.4 Å². The number of anilines is 2. The second-order valence-corrected chi connectivity index (χ2v) is 5.03. The number of methoxy groups -OCH3 is 1. The van der Waals surface area contributed by atoms with Gasteiger partial charge in [0.15, 0.2) is 0 Å². The number of benzene rings is 2. The lowest BCUT2D eigenvalue weighted by Gasteiger charge is -2.26. The maximum atomic E-state index is 6.14. The van der Waals surface area contributed by atoms with Crippen molar-refractivity contribution in [3.8, 4) is 5.75 Å². The topological polar surface area (TPSA) is 38.5 Å². The predicted octanol–water partition coefficient (Wildman–Crippen LogP) is 3.79. The van der Waals surface area contributed by atoms with E-state index in [1.165, 1.54) is 11.3 Å². The summed E-state index contributed by atoms with van der Waals surface area (Å²) in [5, 5.41) is 0. The summed E-state index contributed by atoms with van der Waals surface area (Å²) in [7, 11) is 3.74. The summed E-state index contributed by atoms with van der Waals surface area (Å²) in [5.74, 6) is 0.831. The third kappa shape index (κ3) is 2.63. The molecule has 1 atom stereocenters. The zero-order chi connectivity index (χ0) is 14.7. The van der Waals surface area contributed by atoms with E-state index in [1.807, 2.05) is 31.2 Å². The van der Waals surface area contributed by atoms with Gasteiger partial charge >= 0.3 is 0 Å². The van der Waals surface area contributed by atoms with E-state index in [9.17, 15) is 0 Å². The van der Waals surface area contributed by atoms with Crippen molar-refractivity contribution < 1.29 is 4.74 Å². The molecule has 0 aromatic heterocycles. The zero-order valence-electron chi connectivity index (χ0n) is 12.6. The fraction of sp³-hybridized carbons (Fsp3) is 0.294. The van der Waals surface area contributed by atoms with Crippen LogP contribution in [0.4, 0.5) is 11.4 Å². The molecule has 2 aromatic rings. The van der Waals surface area contributed by atoms with Crippen molar-refractivity contribution in [3.63, 3.8) is 0 Å². The number of hydrogen-bond donors (Lipinski definition) is 1. The standard InChI is InChI=1S/C17H22N2O/c1-12-8-5-6-9-14(12)19(3)15-10-7-11-16(20-4)17(15)13(2)18/h5-11,13H,18H2,1-4H3/t13-/m1/s1. The van der Waals surface area contributed by atoms with Crippen LogP contribution in [-0.4, -0.2) is 14.2 Å². The number of nitrogens with two attached hydrogens (primary N) is 1. The van der Waals surface area contributed by atoms with Gasteiger partial charge in [0.25, 0.3) is 0 Å². The van der Waals surface area contributed by atoms with E-state index in [-0.39, 0.29) is 6.04 Å². The van der Waals surface area contributed by atoms with Crippen LogP contribution in [0, 0.1) is 6.92 Å². The van der Waals surface area contributed by atoms with Crippen LogP contribution >= 0.6 is 0 Å². The molecular weight excluding hydrogens is 248 g/mol. The Morgan fingerprint density at radius 2 is 1.70 bits per heavy atom. The van der Waals surface area contributed by atoms with Crippen LogP contribution in [0.15, 0.2) is 42.5 Å². The minimum absolute atomic E-state index is 0.0902. The van der Waals surface area contributed by atoms with E-state index < -0.39 is 0 Å². The highest BCUT2D eigenvalue weighted by atomic mass is 16.5. The lowest BCUT2D eigenvalue weighted by Crippen LogP contribution is -2.17. The molecular formula is C17H22N2O. The molecule has 0 fully saturated rings. The highest BCUT2D eigenvalue weighted by Gasteiger charge is 2.17. The molecule has 0 spiro atoms. The Hall–Kier alpha value is -2.00. The SMILES string of the molecule is COc1cccc(N(C)c2ccccc2C)c1[C@@H](C)N. The average Bonchev–Trinajstić information content (AvgIpc) is 2.46. The minimum Gasteiger partial charge on any atom is -0.496 e. The smallest absolute Gasteiger partial charge is 0.125 e. The third-order valence-electron chi connectivity index (χ3n) is 3.56. The van der Waals surface area contributed by atoms with E-state index in [4.69, 9.17) is 10.5 Å². The van der Waals surface area contributed by atoms with Gasteiger partial charge in [-0.15, -0.1) is 0 Å². The van der Waals surface area contributed by atoms with Gasteiger partial charge in [-0.05, 0) is 37.6 Å².